The smallest absolute Gasteiger partial charge is 0.271 e. The zero-order chi connectivity index (χ0) is 20.8. The Morgan fingerprint density at radius 2 is 2.10 bits per heavy atom. The fourth-order valence-electron chi connectivity index (χ4n) is 3.52. The van der Waals surface area contributed by atoms with Gasteiger partial charge in [-0.3, -0.25) is 14.4 Å². The van der Waals surface area contributed by atoms with Crippen molar-refractivity contribution in [2.45, 2.75) is 19.4 Å². The number of ether oxygens (including phenoxy) is 2. The van der Waals surface area contributed by atoms with Gasteiger partial charge in [-0.05, 0) is 31.0 Å². The predicted octanol–water partition coefficient (Wildman–Crippen LogP) is 1.57. The number of fused-ring (bicyclic) bond motifs is 1. The van der Waals surface area contributed by atoms with Crippen LogP contribution in [0.25, 0.3) is 0 Å². The van der Waals surface area contributed by atoms with Gasteiger partial charge in [-0.1, -0.05) is 0 Å². The Hall–Kier alpha value is -3.32. The highest BCUT2D eigenvalue weighted by Gasteiger charge is 2.33. The van der Waals surface area contributed by atoms with Gasteiger partial charge in [0.05, 0.1) is 28.8 Å². The zero-order valence-electron chi connectivity index (χ0n) is 15.5. The fourth-order valence-corrected chi connectivity index (χ4v) is 5.22. The topological polar surface area (TPSA) is 131 Å². The first kappa shape index (κ1) is 19.0. The maximum absolute atomic E-state index is 12.7. The number of nitrogens with zero attached hydrogens (tertiary/aromatic N) is 3. The molecule has 29 heavy (non-hydrogen) atoms. The van der Waals surface area contributed by atoms with E-state index < -0.39 is 27.3 Å². The summed E-state index contributed by atoms with van der Waals surface area (Å²) in [6.07, 6.45) is 1.55. The number of benzene rings is 1. The Bertz CT molecular complexity index is 1240. The number of hydrogen-bond acceptors (Lipinski definition) is 8. The van der Waals surface area contributed by atoms with E-state index >= 15 is 0 Å². The van der Waals surface area contributed by atoms with Crippen LogP contribution >= 0.6 is 0 Å². The quantitative estimate of drug-likeness (QED) is 0.753. The van der Waals surface area contributed by atoms with Crippen molar-refractivity contribution < 1.29 is 23.0 Å². The fraction of sp³-hybridized carbons (Fsp3) is 0.316. The maximum atomic E-state index is 12.7. The number of nitriles is 1. The van der Waals surface area contributed by atoms with Crippen LogP contribution in [-0.4, -0.2) is 42.6 Å². The SMILES string of the molecule is Cc1c(C=Nc2ccc3c(c2)OCO3)c(O)n(C2CCS(=O)(=O)C2)c(=O)c1C#N. The minimum atomic E-state index is -3.29. The van der Waals surface area contributed by atoms with Gasteiger partial charge >= 0.3 is 0 Å². The summed E-state index contributed by atoms with van der Waals surface area (Å²) >= 11 is 0. The Morgan fingerprint density at radius 3 is 2.79 bits per heavy atom. The molecule has 1 fully saturated rings. The molecule has 2 aliphatic heterocycles. The Kier molecular flexibility index (Phi) is 4.55. The second-order valence-corrected chi connectivity index (χ2v) is 9.11. The number of rotatable bonds is 3. The zero-order valence-corrected chi connectivity index (χ0v) is 16.3. The average molecular weight is 415 g/mol. The van der Waals surface area contributed by atoms with Gasteiger partial charge in [0, 0.05) is 12.3 Å². The summed E-state index contributed by atoms with van der Waals surface area (Å²) in [4.78, 5) is 17.0. The van der Waals surface area contributed by atoms with Crippen molar-refractivity contribution in [3.63, 3.8) is 0 Å². The number of pyridine rings is 1. The van der Waals surface area contributed by atoms with Gasteiger partial charge in [-0.2, -0.15) is 5.26 Å². The van der Waals surface area contributed by atoms with E-state index in [9.17, 15) is 23.6 Å². The van der Waals surface area contributed by atoms with E-state index in [0.717, 1.165) is 4.57 Å². The number of aromatic hydroxyl groups is 1. The van der Waals surface area contributed by atoms with Gasteiger partial charge in [0.2, 0.25) is 12.7 Å². The lowest BCUT2D eigenvalue weighted by Crippen LogP contribution is -2.29. The largest absolute Gasteiger partial charge is 0.494 e. The van der Waals surface area contributed by atoms with Gasteiger partial charge in [0.25, 0.3) is 5.56 Å². The van der Waals surface area contributed by atoms with Crippen LogP contribution in [0.1, 0.15) is 29.2 Å². The lowest BCUT2D eigenvalue weighted by atomic mass is 10.0. The van der Waals surface area contributed by atoms with E-state index in [2.05, 4.69) is 4.99 Å². The summed E-state index contributed by atoms with van der Waals surface area (Å²) in [5, 5.41) is 20.2. The van der Waals surface area contributed by atoms with Gasteiger partial charge in [-0.15, -0.1) is 0 Å². The van der Waals surface area contributed by atoms with Crippen molar-refractivity contribution in [1.29, 1.82) is 5.26 Å². The van der Waals surface area contributed by atoms with E-state index in [4.69, 9.17) is 9.47 Å². The number of sulfone groups is 1. The molecule has 1 aromatic heterocycles. The van der Waals surface area contributed by atoms with E-state index in [1.165, 1.54) is 13.1 Å². The second-order valence-electron chi connectivity index (χ2n) is 6.88. The molecule has 1 aromatic carbocycles. The summed E-state index contributed by atoms with van der Waals surface area (Å²) in [7, 11) is -3.29. The van der Waals surface area contributed by atoms with Crippen molar-refractivity contribution >= 4 is 21.7 Å². The van der Waals surface area contributed by atoms with Crippen LogP contribution in [0, 0.1) is 18.3 Å². The minimum absolute atomic E-state index is 0.0695. The molecule has 3 heterocycles. The summed E-state index contributed by atoms with van der Waals surface area (Å²) in [6.45, 7) is 1.67. The molecule has 0 aliphatic carbocycles. The van der Waals surface area contributed by atoms with E-state index in [0.29, 0.717) is 17.2 Å². The molecular formula is C19H17N3O6S. The van der Waals surface area contributed by atoms with Crippen molar-refractivity contribution in [2.75, 3.05) is 18.3 Å². The molecule has 0 bridgehead atoms. The first-order valence-electron chi connectivity index (χ1n) is 8.83. The number of aromatic nitrogens is 1. The molecule has 0 spiro atoms. The normalized spacial score (nSPS) is 19.5. The lowest BCUT2D eigenvalue weighted by Gasteiger charge is -2.18. The van der Waals surface area contributed by atoms with E-state index in [1.54, 1.807) is 18.2 Å². The van der Waals surface area contributed by atoms with Crippen LogP contribution in [0.15, 0.2) is 28.0 Å². The van der Waals surface area contributed by atoms with Gasteiger partial charge in [0.15, 0.2) is 21.3 Å². The molecule has 1 N–H and O–H groups in total. The molecule has 1 saturated heterocycles. The molecule has 150 valence electrons. The Labute approximate surface area is 166 Å². The molecular weight excluding hydrogens is 398 g/mol. The molecule has 1 unspecified atom stereocenters. The Balaban J connectivity index is 1.80. The third-order valence-corrected chi connectivity index (χ3v) is 6.82. The summed E-state index contributed by atoms with van der Waals surface area (Å²) in [5.74, 6) is 0.413. The summed E-state index contributed by atoms with van der Waals surface area (Å²) < 4.78 is 35.2. The average Bonchev–Trinajstić information content (AvgIpc) is 3.27. The van der Waals surface area contributed by atoms with Crippen LogP contribution in [0.3, 0.4) is 0 Å². The minimum Gasteiger partial charge on any atom is -0.494 e. The maximum Gasteiger partial charge on any atom is 0.271 e. The van der Waals surface area contributed by atoms with Gasteiger partial charge in [-0.25, -0.2) is 8.42 Å². The van der Waals surface area contributed by atoms with Gasteiger partial charge in [0.1, 0.15) is 11.6 Å². The van der Waals surface area contributed by atoms with Crippen molar-refractivity contribution in [3.8, 4) is 23.4 Å². The first-order valence-corrected chi connectivity index (χ1v) is 10.6. The van der Waals surface area contributed by atoms with E-state index in [-0.39, 0.29) is 41.4 Å². The molecule has 1 atom stereocenters. The standard InChI is InChI=1S/C19H17N3O6S/c1-11-14(7-20)18(23)22(13-4-5-29(25,26)9-13)19(24)15(11)8-21-12-2-3-16-17(6-12)28-10-27-16/h2-3,6,8,13,24H,4-5,9-10H2,1H3. The van der Waals surface area contributed by atoms with Crippen LogP contribution in [0.5, 0.6) is 17.4 Å². The molecule has 2 aliphatic rings. The molecule has 4 rings (SSSR count). The number of aliphatic imine (C=N–C) groups is 1. The lowest BCUT2D eigenvalue weighted by molar-refractivity contribution is 0.174. The van der Waals surface area contributed by atoms with E-state index in [1.807, 2.05) is 6.07 Å². The second kappa shape index (κ2) is 6.93. The third-order valence-electron chi connectivity index (χ3n) is 5.06. The molecule has 2 aromatic rings. The third kappa shape index (κ3) is 3.34. The van der Waals surface area contributed by atoms with Crippen LogP contribution < -0.4 is 15.0 Å². The van der Waals surface area contributed by atoms with Crippen LogP contribution in [0.2, 0.25) is 0 Å². The van der Waals surface area contributed by atoms with Crippen molar-refractivity contribution in [3.05, 3.63) is 45.2 Å². The highest BCUT2D eigenvalue weighted by atomic mass is 32.2. The number of hydrogen-bond donors (Lipinski definition) is 1. The molecule has 9 nitrogen and oxygen atoms in total. The Morgan fingerprint density at radius 1 is 1.34 bits per heavy atom. The highest BCUT2D eigenvalue weighted by molar-refractivity contribution is 7.91. The molecule has 10 heteroatoms. The van der Waals surface area contributed by atoms with Crippen molar-refractivity contribution in [1.82, 2.24) is 4.57 Å². The van der Waals surface area contributed by atoms with Crippen molar-refractivity contribution in [2.24, 2.45) is 4.99 Å². The molecule has 0 saturated carbocycles. The first-order chi connectivity index (χ1) is 13.8. The van der Waals surface area contributed by atoms with Crippen LogP contribution in [-0.2, 0) is 9.84 Å². The molecule has 0 radical (unpaired) electrons. The molecule has 0 amide bonds. The monoisotopic (exact) mass is 415 g/mol. The predicted molar refractivity (Wildman–Crippen MR) is 104 cm³/mol. The summed E-state index contributed by atoms with van der Waals surface area (Å²) in [6, 6.07) is 6.19. The summed E-state index contributed by atoms with van der Waals surface area (Å²) in [5.41, 5.74) is 0.122. The van der Waals surface area contributed by atoms with Gasteiger partial charge < -0.3 is 14.6 Å². The van der Waals surface area contributed by atoms with Crippen LogP contribution in [0.4, 0.5) is 5.69 Å². The highest BCUT2D eigenvalue weighted by Crippen LogP contribution is 2.35.